The van der Waals surface area contributed by atoms with Crippen LogP contribution in [0.4, 0.5) is 0 Å². The minimum atomic E-state index is -0.942. The van der Waals surface area contributed by atoms with Gasteiger partial charge in [0, 0.05) is 12.1 Å². The highest BCUT2D eigenvalue weighted by Gasteiger charge is 2.20. The Morgan fingerprint density at radius 3 is 2.58 bits per heavy atom. The van der Waals surface area contributed by atoms with E-state index in [9.17, 15) is 9.59 Å². The molecule has 0 aromatic carbocycles. The van der Waals surface area contributed by atoms with Gasteiger partial charge in [0.25, 0.3) is 11.9 Å². The Kier molecular flexibility index (Phi) is 5.41. The minimum Gasteiger partial charge on any atom is -0.481 e. The number of carboxylic acid groups (broad SMARTS) is 1. The van der Waals surface area contributed by atoms with Crippen molar-refractivity contribution in [2.75, 3.05) is 7.11 Å². The number of hydrogen-bond acceptors (Lipinski definition) is 4. The van der Waals surface area contributed by atoms with E-state index in [0.29, 0.717) is 6.42 Å². The van der Waals surface area contributed by atoms with Gasteiger partial charge in [-0.3, -0.25) is 9.59 Å². The van der Waals surface area contributed by atoms with Gasteiger partial charge in [-0.2, -0.15) is 0 Å². The van der Waals surface area contributed by atoms with Crippen LogP contribution in [0, 0.1) is 5.92 Å². The maximum absolute atomic E-state index is 11.9. The summed E-state index contributed by atoms with van der Waals surface area (Å²) in [5.41, 5.74) is 0. The molecule has 19 heavy (non-hydrogen) atoms. The highest BCUT2D eigenvalue weighted by Crippen LogP contribution is 2.16. The zero-order valence-corrected chi connectivity index (χ0v) is 11.3. The van der Waals surface area contributed by atoms with Crippen molar-refractivity contribution in [3.05, 3.63) is 17.9 Å². The van der Waals surface area contributed by atoms with E-state index in [4.69, 9.17) is 14.3 Å². The molecule has 0 unspecified atom stereocenters. The fraction of sp³-hybridized carbons (Fsp3) is 0.538. The maximum Gasteiger partial charge on any atom is 0.305 e. The van der Waals surface area contributed by atoms with Crippen LogP contribution in [0.25, 0.3) is 0 Å². The molecule has 0 aliphatic heterocycles. The van der Waals surface area contributed by atoms with Gasteiger partial charge in [-0.15, -0.1) is 0 Å². The molecule has 0 spiro atoms. The average Bonchev–Trinajstić information content (AvgIpc) is 2.75. The molecule has 0 aliphatic rings. The van der Waals surface area contributed by atoms with E-state index in [0.717, 1.165) is 0 Å². The lowest BCUT2D eigenvalue weighted by Crippen LogP contribution is -2.37. The van der Waals surface area contributed by atoms with Crippen LogP contribution in [0.1, 0.15) is 37.2 Å². The van der Waals surface area contributed by atoms with Crippen LogP contribution in [0.3, 0.4) is 0 Å². The third-order valence-electron chi connectivity index (χ3n) is 2.52. The van der Waals surface area contributed by atoms with E-state index >= 15 is 0 Å². The summed E-state index contributed by atoms with van der Waals surface area (Å²) in [5.74, 6) is -0.742. The quantitative estimate of drug-likeness (QED) is 0.789. The minimum absolute atomic E-state index is 0.107. The number of carboxylic acids is 1. The van der Waals surface area contributed by atoms with Crippen molar-refractivity contribution in [2.24, 2.45) is 5.92 Å². The van der Waals surface area contributed by atoms with Crippen LogP contribution < -0.4 is 10.1 Å². The molecule has 0 fully saturated rings. The van der Waals surface area contributed by atoms with Crippen molar-refractivity contribution in [2.45, 2.75) is 32.7 Å². The van der Waals surface area contributed by atoms with E-state index in [1.807, 2.05) is 13.8 Å². The zero-order valence-electron chi connectivity index (χ0n) is 11.3. The van der Waals surface area contributed by atoms with Crippen LogP contribution in [-0.2, 0) is 4.79 Å². The molecule has 6 nitrogen and oxygen atoms in total. The standard InChI is InChI=1S/C13H19NO5/c1-8(2)6-9(7-11(15)16)14-13(17)10-4-5-12(18-3)19-10/h4-5,8-9H,6-7H2,1-3H3,(H,14,17)(H,15,16)/t9-/m0/s1. The highest BCUT2D eigenvalue weighted by atomic mass is 16.6. The van der Waals surface area contributed by atoms with Gasteiger partial charge in [0.15, 0.2) is 5.76 Å². The fourth-order valence-corrected chi connectivity index (χ4v) is 1.78. The Hall–Kier alpha value is -1.98. The van der Waals surface area contributed by atoms with Crippen molar-refractivity contribution >= 4 is 11.9 Å². The molecular weight excluding hydrogens is 250 g/mol. The molecule has 0 saturated carbocycles. The second-order valence-corrected chi connectivity index (χ2v) is 4.72. The van der Waals surface area contributed by atoms with E-state index in [1.165, 1.54) is 19.2 Å². The molecule has 0 aliphatic carbocycles. The zero-order chi connectivity index (χ0) is 14.4. The SMILES string of the molecule is COc1ccc(C(=O)N[C@H](CC(=O)O)CC(C)C)o1. The maximum atomic E-state index is 11.9. The summed E-state index contributed by atoms with van der Waals surface area (Å²) >= 11 is 0. The predicted molar refractivity (Wildman–Crippen MR) is 68.2 cm³/mol. The first-order chi connectivity index (χ1) is 8.92. The van der Waals surface area contributed by atoms with Gasteiger partial charge in [-0.05, 0) is 18.4 Å². The fourth-order valence-electron chi connectivity index (χ4n) is 1.78. The van der Waals surface area contributed by atoms with Gasteiger partial charge in [-0.1, -0.05) is 13.8 Å². The summed E-state index contributed by atoms with van der Waals surface area (Å²) in [7, 11) is 1.44. The first-order valence-electron chi connectivity index (χ1n) is 6.08. The van der Waals surface area contributed by atoms with Crippen molar-refractivity contribution < 1.29 is 23.8 Å². The van der Waals surface area contributed by atoms with Crippen LogP contribution in [0.15, 0.2) is 16.5 Å². The second-order valence-electron chi connectivity index (χ2n) is 4.72. The molecule has 1 aromatic rings. The molecule has 1 heterocycles. The summed E-state index contributed by atoms with van der Waals surface area (Å²) < 4.78 is 9.96. The van der Waals surface area contributed by atoms with Crippen LogP contribution in [0.2, 0.25) is 0 Å². The number of nitrogens with one attached hydrogen (secondary N) is 1. The molecular formula is C13H19NO5. The number of aliphatic carboxylic acids is 1. The molecule has 0 radical (unpaired) electrons. The second kappa shape index (κ2) is 6.82. The lowest BCUT2D eigenvalue weighted by Gasteiger charge is -2.18. The van der Waals surface area contributed by atoms with E-state index in [-0.39, 0.29) is 24.0 Å². The Morgan fingerprint density at radius 2 is 2.11 bits per heavy atom. The monoisotopic (exact) mass is 269 g/mol. The van der Waals surface area contributed by atoms with Gasteiger partial charge < -0.3 is 19.6 Å². The number of carbonyl (C=O) groups excluding carboxylic acids is 1. The number of amides is 1. The van der Waals surface area contributed by atoms with Crippen LogP contribution >= 0.6 is 0 Å². The molecule has 1 aromatic heterocycles. The molecule has 1 atom stereocenters. The summed E-state index contributed by atoms with van der Waals surface area (Å²) in [6.45, 7) is 3.94. The van der Waals surface area contributed by atoms with E-state index < -0.39 is 17.9 Å². The average molecular weight is 269 g/mol. The normalized spacial score (nSPS) is 12.2. The van der Waals surface area contributed by atoms with Crippen molar-refractivity contribution in [3.63, 3.8) is 0 Å². The molecule has 0 bridgehead atoms. The highest BCUT2D eigenvalue weighted by molar-refractivity contribution is 5.92. The molecule has 1 rings (SSSR count). The Labute approximate surface area is 111 Å². The van der Waals surface area contributed by atoms with E-state index in [2.05, 4.69) is 5.32 Å². The topological polar surface area (TPSA) is 88.8 Å². The molecule has 0 saturated heterocycles. The van der Waals surface area contributed by atoms with Gasteiger partial charge >= 0.3 is 5.97 Å². The lowest BCUT2D eigenvalue weighted by atomic mass is 10.0. The number of rotatable bonds is 7. The van der Waals surface area contributed by atoms with Gasteiger partial charge in [0.2, 0.25) is 0 Å². The van der Waals surface area contributed by atoms with Gasteiger partial charge in [0.05, 0.1) is 13.5 Å². The Morgan fingerprint density at radius 1 is 1.42 bits per heavy atom. The third-order valence-corrected chi connectivity index (χ3v) is 2.52. The van der Waals surface area contributed by atoms with Crippen LogP contribution in [-0.4, -0.2) is 30.1 Å². The lowest BCUT2D eigenvalue weighted by molar-refractivity contribution is -0.137. The molecule has 1 amide bonds. The van der Waals surface area contributed by atoms with Crippen LogP contribution in [0.5, 0.6) is 5.95 Å². The Balaban J connectivity index is 2.66. The van der Waals surface area contributed by atoms with Gasteiger partial charge in [-0.25, -0.2) is 0 Å². The Bertz CT molecular complexity index is 438. The van der Waals surface area contributed by atoms with Gasteiger partial charge in [0.1, 0.15) is 0 Å². The number of carbonyl (C=O) groups is 2. The summed E-state index contributed by atoms with van der Waals surface area (Å²) in [6, 6.07) is 2.60. The molecule has 2 N–H and O–H groups in total. The number of methoxy groups -OCH3 is 1. The molecule has 6 heteroatoms. The van der Waals surface area contributed by atoms with Crippen molar-refractivity contribution in [3.8, 4) is 5.95 Å². The smallest absolute Gasteiger partial charge is 0.305 e. The van der Waals surface area contributed by atoms with Crippen molar-refractivity contribution in [1.82, 2.24) is 5.32 Å². The summed E-state index contributed by atoms with van der Waals surface area (Å²) in [4.78, 5) is 22.7. The number of hydrogen-bond donors (Lipinski definition) is 2. The number of ether oxygens (including phenoxy) is 1. The molecule has 106 valence electrons. The largest absolute Gasteiger partial charge is 0.481 e. The summed E-state index contributed by atoms with van der Waals surface area (Å²) in [6.07, 6.45) is 0.484. The predicted octanol–water partition coefficient (Wildman–Crippen LogP) is 1.91. The first-order valence-corrected chi connectivity index (χ1v) is 6.08. The summed E-state index contributed by atoms with van der Waals surface area (Å²) in [5, 5.41) is 11.5. The first kappa shape index (κ1) is 15.1. The number of furan rings is 1. The van der Waals surface area contributed by atoms with E-state index in [1.54, 1.807) is 0 Å². The third kappa shape index (κ3) is 5.03. The van der Waals surface area contributed by atoms with Crippen molar-refractivity contribution in [1.29, 1.82) is 0 Å².